The van der Waals surface area contributed by atoms with Crippen molar-refractivity contribution in [2.45, 2.75) is 26.0 Å². The number of carbonyl (C=O) groups excluding carboxylic acids is 1. The summed E-state index contributed by atoms with van der Waals surface area (Å²) >= 11 is 0. The Balaban J connectivity index is 2.76. The summed E-state index contributed by atoms with van der Waals surface area (Å²) in [7, 11) is -3.47. The quantitative estimate of drug-likeness (QED) is 0.899. The number of nitriles is 1. The van der Waals surface area contributed by atoms with Crippen molar-refractivity contribution in [3.63, 3.8) is 0 Å². The van der Waals surface area contributed by atoms with Gasteiger partial charge in [-0.2, -0.15) is 5.26 Å². The van der Waals surface area contributed by atoms with Crippen LogP contribution in [0.15, 0.2) is 24.3 Å². The zero-order valence-corrected chi connectivity index (χ0v) is 12.6. The highest BCUT2D eigenvalue weighted by Crippen LogP contribution is 2.14. The topological polar surface area (TPSA) is 87.0 Å². The van der Waals surface area contributed by atoms with Crippen molar-refractivity contribution in [1.82, 2.24) is 0 Å². The molecule has 0 aliphatic carbocycles. The van der Waals surface area contributed by atoms with Crippen molar-refractivity contribution in [3.8, 4) is 6.07 Å². The van der Waals surface area contributed by atoms with Gasteiger partial charge in [-0.3, -0.25) is 4.79 Å². The average Bonchev–Trinajstić information content (AvgIpc) is 2.37. The zero-order valence-electron chi connectivity index (χ0n) is 11.8. The van der Waals surface area contributed by atoms with Crippen LogP contribution in [-0.2, 0) is 14.6 Å². The van der Waals surface area contributed by atoms with Crippen LogP contribution in [0.3, 0.4) is 0 Å². The second-order valence-electron chi connectivity index (χ2n) is 5.00. The lowest BCUT2D eigenvalue weighted by Gasteiger charge is -2.16. The van der Waals surface area contributed by atoms with Crippen LogP contribution in [0, 0.1) is 17.2 Å². The molecule has 1 N–H and O–H groups in total. The van der Waals surface area contributed by atoms with Crippen LogP contribution < -0.4 is 5.32 Å². The van der Waals surface area contributed by atoms with E-state index in [1.54, 1.807) is 39.0 Å². The number of amides is 1. The predicted octanol–water partition coefficient (Wildman–Crippen LogP) is 1.96. The number of rotatable bonds is 5. The van der Waals surface area contributed by atoms with Gasteiger partial charge >= 0.3 is 0 Å². The molecule has 5 nitrogen and oxygen atoms in total. The summed E-state index contributed by atoms with van der Waals surface area (Å²) < 4.78 is 24.0. The third-order valence-corrected chi connectivity index (χ3v) is 5.45. The van der Waals surface area contributed by atoms with Crippen LogP contribution in [0.1, 0.15) is 26.3 Å². The largest absolute Gasteiger partial charge is 0.325 e. The number of benzene rings is 1. The normalized spacial score (nSPS) is 12.8. The maximum Gasteiger partial charge on any atom is 0.239 e. The molecule has 6 heteroatoms. The van der Waals surface area contributed by atoms with Crippen LogP contribution >= 0.6 is 0 Å². The van der Waals surface area contributed by atoms with Crippen molar-refractivity contribution < 1.29 is 13.2 Å². The van der Waals surface area contributed by atoms with E-state index in [0.717, 1.165) is 0 Å². The highest BCUT2D eigenvalue weighted by Gasteiger charge is 2.26. The number of sulfone groups is 1. The molecule has 1 rings (SSSR count). The number of hydrogen-bond acceptors (Lipinski definition) is 4. The first-order valence-corrected chi connectivity index (χ1v) is 7.99. The van der Waals surface area contributed by atoms with Crippen LogP contribution in [0.2, 0.25) is 0 Å². The summed E-state index contributed by atoms with van der Waals surface area (Å²) in [5.74, 6) is -1.19. The van der Waals surface area contributed by atoms with Gasteiger partial charge in [-0.25, -0.2) is 8.42 Å². The molecule has 0 aliphatic heterocycles. The van der Waals surface area contributed by atoms with Gasteiger partial charge in [0.2, 0.25) is 5.91 Å². The maximum absolute atomic E-state index is 12.0. The fraction of sp³-hybridized carbons (Fsp3) is 0.429. The van der Waals surface area contributed by atoms with Gasteiger partial charge in [-0.05, 0) is 31.0 Å². The van der Waals surface area contributed by atoms with Gasteiger partial charge in [0, 0.05) is 5.69 Å². The highest BCUT2D eigenvalue weighted by molar-refractivity contribution is 7.92. The molecule has 108 valence electrons. The van der Waals surface area contributed by atoms with Crippen molar-refractivity contribution >= 4 is 21.4 Å². The molecule has 1 aromatic rings. The van der Waals surface area contributed by atoms with Crippen molar-refractivity contribution in [2.24, 2.45) is 5.92 Å². The molecule has 0 heterocycles. The number of nitrogens with one attached hydrogen (secondary N) is 1. The Bertz CT molecular complexity index is 630. The van der Waals surface area contributed by atoms with Gasteiger partial charge in [0.25, 0.3) is 0 Å². The molecule has 0 bridgehead atoms. The van der Waals surface area contributed by atoms with Gasteiger partial charge in [0.05, 0.1) is 16.9 Å². The third kappa shape index (κ3) is 4.35. The Morgan fingerprint density at radius 1 is 1.35 bits per heavy atom. The predicted molar refractivity (Wildman–Crippen MR) is 77.9 cm³/mol. The number of anilines is 1. The molecule has 0 saturated heterocycles. The standard InChI is InChI=1S/C14H18N2O3S/c1-10(2)11(3)20(18,19)9-14(17)16-13-6-4-5-12(7-13)8-15/h4-7,10-11H,9H2,1-3H3,(H,16,17). The summed E-state index contributed by atoms with van der Waals surface area (Å²) in [4.78, 5) is 11.8. The molecular formula is C14H18N2O3S. The Labute approximate surface area is 119 Å². The molecule has 1 aromatic carbocycles. The smallest absolute Gasteiger partial charge is 0.239 e. The van der Waals surface area contributed by atoms with E-state index in [1.807, 2.05) is 6.07 Å². The molecule has 0 aliphatic rings. The summed E-state index contributed by atoms with van der Waals surface area (Å²) in [5, 5.41) is 10.7. The van der Waals surface area contributed by atoms with Crippen molar-refractivity contribution in [1.29, 1.82) is 5.26 Å². The van der Waals surface area contributed by atoms with Crippen molar-refractivity contribution in [2.75, 3.05) is 11.1 Å². The minimum absolute atomic E-state index is 0.0466. The molecule has 0 radical (unpaired) electrons. The molecule has 1 unspecified atom stereocenters. The van der Waals surface area contributed by atoms with E-state index in [1.165, 1.54) is 6.07 Å². The Kier molecular flexibility index (Phi) is 5.28. The Morgan fingerprint density at radius 2 is 2.00 bits per heavy atom. The zero-order chi connectivity index (χ0) is 15.3. The van der Waals surface area contributed by atoms with Crippen LogP contribution in [0.25, 0.3) is 0 Å². The lowest BCUT2D eigenvalue weighted by atomic mass is 10.2. The maximum atomic E-state index is 12.0. The first-order chi connectivity index (χ1) is 9.26. The van der Waals surface area contributed by atoms with Crippen LogP contribution in [0.4, 0.5) is 5.69 Å². The molecule has 1 atom stereocenters. The van der Waals surface area contributed by atoms with E-state index >= 15 is 0 Å². The van der Waals surface area contributed by atoms with Gasteiger partial charge in [0.15, 0.2) is 9.84 Å². The molecule has 20 heavy (non-hydrogen) atoms. The Morgan fingerprint density at radius 3 is 2.55 bits per heavy atom. The van der Waals surface area contributed by atoms with E-state index in [4.69, 9.17) is 5.26 Å². The summed E-state index contributed by atoms with van der Waals surface area (Å²) in [6, 6.07) is 8.29. The lowest BCUT2D eigenvalue weighted by Crippen LogP contribution is -2.32. The first-order valence-electron chi connectivity index (χ1n) is 6.28. The number of hydrogen-bond donors (Lipinski definition) is 1. The highest BCUT2D eigenvalue weighted by atomic mass is 32.2. The lowest BCUT2D eigenvalue weighted by molar-refractivity contribution is -0.113. The number of nitrogens with zero attached hydrogens (tertiary/aromatic N) is 1. The summed E-state index contributed by atoms with van der Waals surface area (Å²) in [6.45, 7) is 5.20. The minimum atomic E-state index is -3.47. The van der Waals surface area contributed by atoms with Crippen molar-refractivity contribution in [3.05, 3.63) is 29.8 Å². The van der Waals surface area contributed by atoms with Gasteiger partial charge in [-0.15, -0.1) is 0 Å². The molecule has 1 amide bonds. The fourth-order valence-electron chi connectivity index (χ4n) is 1.59. The summed E-state index contributed by atoms with van der Waals surface area (Å²) in [5.41, 5.74) is 0.822. The third-order valence-electron chi connectivity index (χ3n) is 3.11. The van der Waals surface area contributed by atoms with E-state index in [-0.39, 0.29) is 5.92 Å². The molecule has 0 fully saturated rings. The monoisotopic (exact) mass is 294 g/mol. The molecule has 0 aromatic heterocycles. The molecular weight excluding hydrogens is 276 g/mol. The summed E-state index contributed by atoms with van der Waals surface area (Å²) in [6.07, 6.45) is 0. The number of carbonyl (C=O) groups is 1. The first kappa shape index (κ1) is 16.2. The van der Waals surface area contributed by atoms with Crippen LogP contribution in [0.5, 0.6) is 0 Å². The van der Waals surface area contributed by atoms with Gasteiger partial charge in [0.1, 0.15) is 5.75 Å². The van der Waals surface area contributed by atoms with E-state index < -0.39 is 26.7 Å². The molecule has 0 saturated carbocycles. The minimum Gasteiger partial charge on any atom is -0.325 e. The van der Waals surface area contributed by atoms with Gasteiger partial charge < -0.3 is 5.32 Å². The Hall–Kier alpha value is -1.87. The van der Waals surface area contributed by atoms with E-state index in [2.05, 4.69) is 5.32 Å². The fourth-order valence-corrected chi connectivity index (χ4v) is 3.12. The van der Waals surface area contributed by atoms with E-state index in [9.17, 15) is 13.2 Å². The van der Waals surface area contributed by atoms with E-state index in [0.29, 0.717) is 11.3 Å². The second kappa shape index (κ2) is 6.53. The van der Waals surface area contributed by atoms with Gasteiger partial charge in [-0.1, -0.05) is 19.9 Å². The second-order valence-corrected chi connectivity index (χ2v) is 7.36. The molecule has 0 spiro atoms. The van der Waals surface area contributed by atoms with Crippen LogP contribution in [-0.4, -0.2) is 25.3 Å². The average molecular weight is 294 g/mol. The SMILES string of the molecule is CC(C)C(C)S(=O)(=O)CC(=O)Nc1cccc(C#N)c1.